The molecule has 0 spiro atoms. The molecule has 454 valence electrons. The maximum Gasteiger partial charge on any atom is 0.345 e. The van der Waals surface area contributed by atoms with E-state index < -0.39 is 11.9 Å². The number of carbonyl (C=O) groups excluding carboxylic acids is 4. The number of unbranched alkanes of at least 4 members (excludes halogenated alkanes) is 32. The van der Waals surface area contributed by atoms with Gasteiger partial charge in [0.05, 0.1) is 51.0 Å². The van der Waals surface area contributed by atoms with E-state index in [2.05, 4.69) is 59.6 Å². The standard InChI is InChI=1S/C70H102Br2N2O6S2/c1-5-9-13-17-21-25-27-31-35-39-43-51(41-37-33-29-23-19-15-11-7-3)49-73-55-47-59(71)81-65(55)63(67(73)75)61-53-45-58-54(46-57(53)79-69(61)77)62(70(78)80-58)64-66-56(48-60(72)82-66)74(68(64)76)50-52(42-38-34-30-24-20-16-12-8-4)44-40-36-32-28-26-22-18-14-10-6-2/h45-48,51-52H,5-44,49-50H2,1-4H3/b63-61-,64-62+. The lowest BCUT2D eigenvalue weighted by molar-refractivity contribution is -0.127. The molecule has 82 heavy (non-hydrogen) atoms. The van der Waals surface area contributed by atoms with Gasteiger partial charge in [0.25, 0.3) is 11.8 Å². The molecule has 6 heterocycles. The number of carbonyl (C=O) groups is 4. The molecule has 7 rings (SSSR count). The number of benzene rings is 1. The van der Waals surface area contributed by atoms with Gasteiger partial charge in [-0.1, -0.05) is 259 Å². The maximum absolute atomic E-state index is 15.0. The Morgan fingerprint density at radius 1 is 0.366 bits per heavy atom. The second kappa shape index (κ2) is 36.2. The quantitative estimate of drug-likeness (QED) is 0.0242. The first kappa shape index (κ1) is 66.5. The number of esters is 2. The molecule has 0 N–H and O–H groups in total. The van der Waals surface area contributed by atoms with Gasteiger partial charge in [0.2, 0.25) is 0 Å². The maximum atomic E-state index is 15.0. The molecule has 2 atom stereocenters. The highest BCUT2D eigenvalue weighted by Crippen LogP contribution is 2.55. The van der Waals surface area contributed by atoms with Crippen molar-refractivity contribution in [1.29, 1.82) is 0 Å². The first-order valence-electron chi connectivity index (χ1n) is 33.4. The van der Waals surface area contributed by atoms with Crippen LogP contribution in [0.2, 0.25) is 0 Å². The summed E-state index contributed by atoms with van der Waals surface area (Å²) in [6.45, 7) is 10.3. The molecular formula is C70H102Br2N2O6S2. The summed E-state index contributed by atoms with van der Waals surface area (Å²) in [7, 11) is 0. The molecule has 2 amide bonds. The number of hydrogen-bond donors (Lipinski definition) is 0. The van der Waals surface area contributed by atoms with Gasteiger partial charge in [0.1, 0.15) is 11.5 Å². The van der Waals surface area contributed by atoms with Gasteiger partial charge in [0.15, 0.2) is 0 Å². The molecule has 1 aromatic carbocycles. The molecule has 0 fully saturated rings. The van der Waals surface area contributed by atoms with Crippen molar-refractivity contribution in [2.75, 3.05) is 22.9 Å². The molecule has 0 radical (unpaired) electrons. The SMILES string of the molecule is CCCCCCCCCCCCC(CCCCCCCCCC)CN1C(=O)/C(=C2/C(=O)Oc3cc4c(cc32)OC(=O)/C4=C2\C(=O)N(CC(CCCCCCCCCC)CCCCCCCCCCCC)c3cc(Br)sc32)c2sc(Br)cc21. The van der Waals surface area contributed by atoms with Crippen molar-refractivity contribution < 1.29 is 28.7 Å². The Kier molecular flexibility index (Phi) is 29.3. The highest BCUT2D eigenvalue weighted by Gasteiger charge is 2.46. The van der Waals surface area contributed by atoms with Crippen molar-refractivity contribution in [1.82, 2.24) is 0 Å². The van der Waals surface area contributed by atoms with E-state index in [1.54, 1.807) is 12.1 Å². The third-order valence-electron chi connectivity index (χ3n) is 18.0. The Bertz CT molecular complexity index is 2400. The van der Waals surface area contributed by atoms with Gasteiger partial charge >= 0.3 is 11.9 Å². The normalized spacial score (nSPS) is 17.1. The summed E-state index contributed by atoms with van der Waals surface area (Å²) in [5, 5.41) is 0. The molecule has 12 heteroatoms. The van der Waals surface area contributed by atoms with Gasteiger partial charge in [-0.05, 0) is 93.6 Å². The summed E-state index contributed by atoms with van der Waals surface area (Å²) in [6, 6.07) is 7.43. The lowest BCUT2D eigenvalue weighted by Crippen LogP contribution is -2.32. The van der Waals surface area contributed by atoms with E-state index in [0.29, 0.717) is 47.2 Å². The summed E-state index contributed by atoms with van der Waals surface area (Å²) >= 11 is 10.4. The van der Waals surface area contributed by atoms with E-state index in [-0.39, 0.29) is 34.5 Å². The van der Waals surface area contributed by atoms with Crippen LogP contribution in [-0.2, 0) is 19.2 Å². The van der Waals surface area contributed by atoms with Crippen molar-refractivity contribution in [3.05, 3.63) is 52.7 Å². The Balaban J connectivity index is 1.08. The fourth-order valence-electron chi connectivity index (χ4n) is 13.2. The Hall–Kier alpha value is -3.06. The van der Waals surface area contributed by atoms with Crippen LogP contribution in [0.4, 0.5) is 11.4 Å². The van der Waals surface area contributed by atoms with Gasteiger partial charge in [0, 0.05) is 24.2 Å². The zero-order valence-corrected chi connectivity index (χ0v) is 55.9. The predicted octanol–water partition coefficient (Wildman–Crippen LogP) is 22.6. The first-order valence-corrected chi connectivity index (χ1v) is 36.7. The zero-order chi connectivity index (χ0) is 58.1. The monoisotopic (exact) mass is 1290 g/mol. The number of rotatable bonds is 44. The van der Waals surface area contributed by atoms with Crippen LogP contribution in [0.5, 0.6) is 11.5 Å². The van der Waals surface area contributed by atoms with Crippen LogP contribution in [0.15, 0.2) is 31.8 Å². The fraction of sp³-hybridized carbons (Fsp3) is 0.686. The second-order valence-corrected chi connectivity index (χ2v) is 29.5. The molecular weight excluding hydrogens is 1190 g/mol. The van der Waals surface area contributed by atoms with E-state index >= 15 is 9.59 Å². The third-order valence-corrected chi connectivity index (χ3v) is 21.3. The summed E-state index contributed by atoms with van der Waals surface area (Å²) in [5.74, 6) is -0.354. The smallest absolute Gasteiger partial charge is 0.345 e. The fourth-order valence-corrected chi connectivity index (χ4v) is 16.5. The lowest BCUT2D eigenvalue weighted by Gasteiger charge is -2.24. The van der Waals surface area contributed by atoms with E-state index in [9.17, 15) is 9.59 Å². The highest BCUT2D eigenvalue weighted by atomic mass is 79.9. The first-order chi connectivity index (χ1) is 40.1. The second-order valence-electron chi connectivity index (χ2n) is 24.7. The van der Waals surface area contributed by atoms with Crippen LogP contribution in [-0.4, -0.2) is 36.8 Å². The van der Waals surface area contributed by atoms with Gasteiger partial charge in [-0.25, -0.2) is 9.59 Å². The van der Waals surface area contributed by atoms with Gasteiger partial charge in [-0.2, -0.15) is 0 Å². The van der Waals surface area contributed by atoms with E-state index in [4.69, 9.17) is 9.47 Å². The van der Waals surface area contributed by atoms with E-state index in [1.165, 1.54) is 228 Å². The van der Waals surface area contributed by atoms with Gasteiger partial charge in [-0.3, -0.25) is 9.59 Å². The van der Waals surface area contributed by atoms with Gasteiger partial charge in [-0.15, -0.1) is 22.7 Å². The molecule has 0 saturated carbocycles. The molecule has 8 nitrogen and oxygen atoms in total. The number of fused-ring (bicyclic) bond motifs is 4. The van der Waals surface area contributed by atoms with Crippen molar-refractivity contribution >= 4 is 112 Å². The number of ether oxygens (including phenoxy) is 2. The zero-order valence-electron chi connectivity index (χ0n) is 51.1. The van der Waals surface area contributed by atoms with Crippen molar-refractivity contribution in [2.45, 2.75) is 285 Å². The van der Waals surface area contributed by atoms with E-state index in [0.717, 1.165) is 80.1 Å². The Morgan fingerprint density at radius 2 is 0.622 bits per heavy atom. The Morgan fingerprint density at radius 3 is 0.890 bits per heavy atom. The van der Waals surface area contributed by atoms with Crippen LogP contribution in [0.25, 0.3) is 22.3 Å². The van der Waals surface area contributed by atoms with Crippen LogP contribution < -0.4 is 19.3 Å². The minimum atomic E-state index is -0.599. The summed E-state index contributed by atoms with van der Waals surface area (Å²) in [6.07, 6.45) is 50.4. The lowest BCUT2D eigenvalue weighted by atomic mass is 9.93. The van der Waals surface area contributed by atoms with E-state index in [1.807, 2.05) is 21.9 Å². The molecule has 2 unspecified atom stereocenters. The number of hydrogen-bond acceptors (Lipinski definition) is 8. The molecule has 4 aliphatic rings. The molecule has 3 aromatic rings. The molecule has 4 aliphatic heterocycles. The van der Waals surface area contributed by atoms with Crippen LogP contribution in [0, 0.1) is 11.8 Å². The van der Waals surface area contributed by atoms with Crippen LogP contribution >= 0.6 is 54.5 Å². The number of anilines is 2. The largest absolute Gasteiger partial charge is 0.422 e. The number of nitrogens with zero attached hydrogens (tertiary/aromatic N) is 2. The molecule has 2 aromatic heterocycles. The van der Waals surface area contributed by atoms with Crippen LogP contribution in [0.1, 0.15) is 305 Å². The minimum absolute atomic E-state index is 0.181. The third kappa shape index (κ3) is 19.0. The summed E-state index contributed by atoms with van der Waals surface area (Å²) in [4.78, 5) is 64.0. The predicted molar refractivity (Wildman–Crippen MR) is 354 cm³/mol. The van der Waals surface area contributed by atoms with Crippen molar-refractivity contribution in [2.24, 2.45) is 11.8 Å². The minimum Gasteiger partial charge on any atom is -0.422 e. The topological polar surface area (TPSA) is 93.2 Å². The number of amides is 2. The molecule has 0 bridgehead atoms. The number of thiophene rings is 2. The summed E-state index contributed by atoms with van der Waals surface area (Å²) in [5.41, 5.74) is 3.61. The van der Waals surface area contributed by atoms with Crippen molar-refractivity contribution in [3.8, 4) is 11.5 Å². The molecule has 0 aliphatic carbocycles. The van der Waals surface area contributed by atoms with Gasteiger partial charge < -0.3 is 19.3 Å². The van der Waals surface area contributed by atoms with Crippen LogP contribution in [0.3, 0.4) is 0 Å². The number of halogens is 2. The Labute approximate surface area is 520 Å². The van der Waals surface area contributed by atoms with Crippen molar-refractivity contribution in [3.63, 3.8) is 0 Å². The summed E-state index contributed by atoms with van der Waals surface area (Å²) < 4.78 is 14.0. The molecule has 0 saturated heterocycles. The highest BCUT2D eigenvalue weighted by molar-refractivity contribution is 9.11. The average Bonchev–Trinajstić information content (AvgIpc) is 2.18. The average molecular weight is 1290 g/mol.